The van der Waals surface area contributed by atoms with Gasteiger partial charge in [0.1, 0.15) is 5.78 Å². The van der Waals surface area contributed by atoms with Crippen molar-refractivity contribution >= 4 is 5.78 Å². The summed E-state index contributed by atoms with van der Waals surface area (Å²) in [5.74, 6) is 3.97. The average Bonchev–Trinajstić information content (AvgIpc) is 2.85. The van der Waals surface area contributed by atoms with Crippen LogP contribution >= 0.6 is 0 Å². The van der Waals surface area contributed by atoms with Gasteiger partial charge in [-0.1, -0.05) is 13.8 Å². The molecule has 4 saturated carbocycles. The van der Waals surface area contributed by atoms with Crippen molar-refractivity contribution in [3.8, 4) is 0 Å². The molecule has 0 heterocycles. The van der Waals surface area contributed by atoms with Crippen molar-refractivity contribution in [2.75, 3.05) is 0 Å². The molecule has 0 saturated heterocycles. The molecule has 2 heteroatoms. The summed E-state index contributed by atoms with van der Waals surface area (Å²) in [5, 5.41) is 10.1. The Hall–Kier alpha value is -0.370. The van der Waals surface area contributed by atoms with Crippen molar-refractivity contribution in [2.45, 2.75) is 84.7 Å². The average molecular weight is 319 g/mol. The fourth-order valence-electron chi connectivity index (χ4n) is 7.90. The number of fused-ring (bicyclic) bond motifs is 5. The topological polar surface area (TPSA) is 37.3 Å². The van der Waals surface area contributed by atoms with Crippen molar-refractivity contribution in [2.24, 2.45) is 40.4 Å². The van der Waals surface area contributed by atoms with Gasteiger partial charge in [0.25, 0.3) is 0 Å². The van der Waals surface area contributed by atoms with E-state index in [9.17, 15) is 9.90 Å². The Labute approximate surface area is 141 Å². The first kappa shape index (κ1) is 16.1. The van der Waals surface area contributed by atoms with Gasteiger partial charge in [-0.15, -0.1) is 0 Å². The third kappa shape index (κ3) is 2.19. The highest BCUT2D eigenvalue weighted by Crippen LogP contribution is 2.67. The number of aliphatic hydroxyl groups is 1. The standard InChI is InChI=1S/C21H34O2/c1-13(22)17-6-7-18-16-5-4-14-12-15(23)8-10-20(14,2)19(16)9-11-21(17,18)3/h14-19,23H,4-12H2,1-3H3/t14-,15-,16-,17-,18+,19+,20-,21+/m0/s1. The molecule has 0 aromatic carbocycles. The van der Waals surface area contributed by atoms with Crippen LogP contribution in [0, 0.1) is 40.4 Å². The lowest BCUT2D eigenvalue weighted by atomic mass is 9.44. The molecule has 8 atom stereocenters. The molecule has 4 aliphatic rings. The van der Waals surface area contributed by atoms with E-state index in [1.54, 1.807) is 0 Å². The SMILES string of the molecule is CC(=O)[C@@H]1CC[C@@H]2[C@@H]3CC[C@H]4C[C@@H](O)CC[C@]4(C)[C@@H]3CC[C@@]21C. The lowest BCUT2D eigenvalue weighted by Crippen LogP contribution is -2.54. The van der Waals surface area contributed by atoms with E-state index < -0.39 is 0 Å². The van der Waals surface area contributed by atoms with Crippen LogP contribution in [0.5, 0.6) is 0 Å². The normalized spacial score (nSPS) is 55.7. The van der Waals surface area contributed by atoms with Crippen LogP contribution in [-0.2, 0) is 4.79 Å². The van der Waals surface area contributed by atoms with Gasteiger partial charge in [-0.3, -0.25) is 4.79 Å². The van der Waals surface area contributed by atoms with Gasteiger partial charge in [0.2, 0.25) is 0 Å². The van der Waals surface area contributed by atoms with Crippen LogP contribution in [0.1, 0.15) is 78.6 Å². The van der Waals surface area contributed by atoms with E-state index in [4.69, 9.17) is 0 Å². The summed E-state index contributed by atoms with van der Waals surface area (Å²) in [4.78, 5) is 12.2. The Morgan fingerprint density at radius 1 is 0.913 bits per heavy atom. The molecule has 0 bridgehead atoms. The largest absolute Gasteiger partial charge is 0.393 e. The monoisotopic (exact) mass is 318 g/mol. The number of carbonyl (C=O) groups is 1. The molecule has 0 aromatic rings. The Balaban J connectivity index is 1.61. The predicted molar refractivity (Wildman–Crippen MR) is 91.9 cm³/mol. The number of hydrogen-bond donors (Lipinski definition) is 1. The minimum absolute atomic E-state index is 0.0490. The molecular formula is C21H34O2. The van der Waals surface area contributed by atoms with Crippen LogP contribution in [-0.4, -0.2) is 17.0 Å². The zero-order valence-corrected chi connectivity index (χ0v) is 15.2. The molecule has 0 spiro atoms. The van der Waals surface area contributed by atoms with Crippen LogP contribution < -0.4 is 0 Å². The number of carbonyl (C=O) groups excluding carboxylic acids is 1. The Morgan fingerprint density at radius 2 is 1.61 bits per heavy atom. The highest BCUT2D eigenvalue weighted by molar-refractivity contribution is 5.79. The summed E-state index contributed by atoms with van der Waals surface area (Å²) in [7, 11) is 0. The zero-order chi connectivity index (χ0) is 16.4. The molecule has 1 N–H and O–H groups in total. The summed E-state index contributed by atoms with van der Waals surface area (Å²) in [6, 6.07) is 0. The molecule has 0 aliphatic heterocycles. The molecule has 0 aromatic heterocycles. The molecule has 23 heavy (non-hydrogen) atoms. The first-order valence-corrected chi connectivity index (χ1v) is 10.0. The highest BCUT2D eigenvalue weighted by Gasteiger charge is 2.60. The Kier molecular flexibility index (Phi) is 3.72. The third-order valence-corrected chi connectivity index (χ3v) is 9.13. The highest BCUT2D eigenvalue weighted by atomic mass is 16.3. The van der Waals surface area contributed by atoms with E-state index in [0.29, 0.717) is 17.1 Å². The van der Waals surface area contributed by atoms with Gasteiger partial charge in [0, 0.05) is 5.92 Å². The molecule has 4 rings (SSSR count). The van der Waals surface area contributed by atoms with E-state index >= 15 is 0 Å². The molecule has 4 aliphatic carbocycles. The number of Topliss-reactive ketones (excluding diaryl/α,β-unsaturated/α-hetero) is 1. The van der Waals surface area contributed by atoms with Crippen molar-refractivity contribution in [1.29, 1.82) is 0 Å². The Morgan fingerprint density at radius 3 is 2.35 bits per heavy atom. The van der Waals surface area contributed by atoms with Crippen LogP contribution in [0.15, 0.2) is 0 Å². The van der Waals surface area contributed by atoms with Crippen LogP contribution in [0.2, 0.25) is 0 Å². The van der Waals surface area contributed by atoms with E-state index in [1.165, 1.54) is 38.5 Å². The lowest BCUT2D eigenvalue weighted by molar-refractivity contribution is -0.138. The van der Waals surface area contributed by atoms with Crippen LogP contribution in [0.3, 0.4) is 0 Å². The van der Waals surface area contributed by atoms with E-state index in [1.807, 2.05) is 6.92 Å². The second kappa shape index (κ2) is 5.31. The lowest BCUT2D eigenvalue weighted by Gasteiger charge is -2.60. The zero-order valence-electron chi connectivity index (χ0n) is 15.2. The molecule has 0 radical (unpaired) electrons. The van der Waals surface area contributed by atoms with Crippen molar-refractivity contribution in [1.82, 2.24) is 0 Å². The minimum atomic E-state index is -0.0490. The maximum Gasteiger partial charge on any atom is 0.133 e. The van der Waals surface area contributed by atoms with Crippen molar-refractivity contribution in [3.63, 3.8) is 0 Å². The molecular weight excluding hydrogens is 284 g/mol. The summed E-state index contributed by atoms with van der Waals surface area (Å²) in [6.07, 6.45) is 10.9. The maximum absolute atomic E-state index is 12.2. The van der Waals surface area contributed by atoms with Gasteiger partial charge in [-0.25, -0.2) is 0 Å². The van der Waals surface area contributed by atoms with Crippen molar-refractivity contribution < 1.29 is 9.90 Å². The number of rotatable bonds is 1. The number of ketones is 1. The first-order valence-electron chi connectivity index (χ1n) is 10.0. The summed E-state index contributed by atoms with van der Waals surface area (Å²) in [5.41, 5.74) is 0.738. The predicted octanol–water partition coefficient (Wildman–Crippen LogP) is 4.60. The smallest absolute Gasteiger partial charge is 0.133 e. The van der Waals surface area contributed by atoms with Crippen LogP contribution in [0.25, 0.3) is 0 Å². The van der Waals surface area contributed by atoms with Crippen molar-refractivity contribution in [3.05, 3.63) is 0 Å². The quantitative estimate of drug-likeness (QED) is 0.767. The van der Waals surface area contributed by atoms with Gasteiger partial charge < -0.3 is 5.11 Å². The summed E-state index contributed by atoms with van der Waals surface area (Å²) >= 11 is 0. The fraction of sp³-hybridized carbons (Fsp3) is 0.952. The molecule has 0 amide bonds. The van der Waals surface area contributed by atoms with Gasteiger partial charge in [-0.2, -0.15) is 0 Å². The number of aliphatic hydroxyl groups excluding tert-OH is 1. The summed E-state index contributed by atoms with van der Waals surface area (Å²) in [6.45, 7) is 6.80. The molecule has 4 fully saturated rings. The van der Waals surface area contributed by atoms with E-state index in [0.717, 1.165) is 42.9 Å². The van der Waals surface area contributed by atoms with Gasteiger partial charge in [0.05, 0.1) is 6.10 Å². The van der Waals surface area contributed by atoms with E-state index in [-0.39, 0.29) is 11.5 Å². The minimum Gasteiger partial charge on any atom is -0.393 e. The fourth-order valence-corrected chi connectivity index (χ4v) is 7.90. The molecule has 0 unspecified atom stereocenters. The van der Waals surface area contributed by atoms with Gasteiger partial charge in [-0.05, 0) is 99.2 Å². The van der Waals surface area contributed by atoms with Gasteiger partial charge in [0.15, 0.2) is 0 Å². The first-order chi connectivity index (χ1) is 10.9. The number of hydrogen-bond acceptors (Lipinski definition) is 2. The third-order valence-electron chi connectivity index (χ3n) is 9.13. The Bertz CT molecular complexity index is 500. The maximum atomic E-state index is 12.2. The van der Waals surface area contributed by atoms with Crippen LogP contribution in [0.4, 0.5) is 0 Å². The van der Waals surface area contributed by atoms with E-state index in [2.05, 4.69) is 13.8 Å². The second-order valence-electron chi connectivity index (χ2n) is 9.87. The second-order valence-corrected chi connectivity index (χ2v) is 9.87. The molecule has 2 nitrogen and oxygen atoms in total. The molecule has 130 valence electrons. The summed E-state index contributed by atoms with van der Waals surface area (Å²) < 4.78 is 0. The van der Waals surface area contributed by atoms with Gasteiger partial charge >= 0.3 is 0 Å².